The summed E-state index contributed by atoms with van der Waals surface area (Å²) >= 11 is 8.39. The van der Waals surface area contributed by atoms with Gasteiger partial charge in [-0.1, -0.05) is 41.7 Å². The van der Waals surface area contributed by atoms with Crippen LogP contribution < -0.4 is 16.0 Å². The lowest BCUT2D eigenvalue weighted by Crippen LogP contribution is -2.18. The molecule has 4 rings (SSSR count). The highest BCUT2D eigenvalue weighted by Crippen LogP contribution is 2.35. The first-order valence-corrected chi connectivity index (χ1v) is 11.5. The predicted octanol–water partition coefficient (Wildman–Crippen LogP) is 6.33. The molecule has 0 spiro atoms. The summed E-state index contributed by atoms with van der Waals surface area (Å²) in [6.45, 7) is 3.51. The van der Waals surface area contributed by atoms with E-state index in [1.165, 1.54) is 22.7 Å². The molecule has 0 amide bonds. The van der Waals surface area contributed by atoms with Crippen LogP contribution in [0.3, 0.4) is 0 Å². The molecule has 9 heteroatoms. The van der Waals surface area contributed by atoms with Gasteiger partial charge in [-0.15, -0.1) is 11.3 Å². The molecule has 0 bridgehead atoms. The smallest absolute Gasteiger partial charge is 0.189 e. The fourth-order valence-corrected chi connectivity index (χ4v) is 4.85. The molecule has 0 saturated heterocycles. The molecule has 0 unspecified atom stereocenters. The number of hydrogen-bond donors (Lipinski definition) is 3. The van der Waals surface area contributed by atoms with E-state index >= 15 is 0 Å². The van der Waals surface area contributed by atoms with Crippen LogP contribution in [0.1, 0.15) is 23.0 Å². The minimum absolute atomic E-state index is 0.0310. The maximum Gasteiger partial charge on any atom is 0.189 e. The van der Waals surface area contributed by atoms with Crippen molar-refractivity contribution >= 4 is 67.4 Å². The molecule has 6 nitrogen and oxygen atoms in total. The van der Waals surface area contributed by atoms with Gasteiger partial charge in [-0.3, -0.25) is 4.79 Å². The largest absolute Gasteiger partial charge is 0.332 e. The lowest BCUT2D eigenvalue weighted by Gasteiger charge is -2.07. The van der Waals surface area contributed by atoms with E-state index in [4.69, 9.17) is 12.2 Å². The summed E-state index contributed by atoms with van der Waals surface area (Å²) in [6, 6.07) is 17.1. The van der Waals surface area contributed by atoms with E-state index < -0.39 is 0 Å². The Morgan fingerprint density at radius 1 is 0.968 bits per heavy atom. The Balaban J connectivity index is 1.45. The summed E-state index contributed by atoms with van der Waals surface area (Å²) in [6.07, 6.45) is 0. The topological polar surface area (TPSA) is 78.9 Å². The van der Waals surface area contributed by atoms with Crippen molar-refractivity contribution < 1.29 is 4.79 Å². The van der Waals surface area contributed by atoms with Gasteiger partial charge in [0.1, 0.15) is 0 Å². The van der Waals surface area contributed by atoms with Crippen LogP contribution in [0, 0.1) is 6.92 Å². The minimum atomic E-state index is 0.0310. The Labute approximate surface area is 193 Å². The summed E-state index contributed by atoms with van der Waals surface area (Å²) in [7, 11) is 0. The third-order valence-corrected chi connectivity index (χ3v) is 6.36. The monoisotopic (exact) mass is 465 g/mol. The first-order chi connectivity index (χ1) is 15.0. The van der Waals surface area contributed by atoms with Crippen LogP contribution in [-0.4, -0.2) is 20.9 Å². The molecule has 2 aromatic carbocycles. The second-order valence-electron chi connectivity index (χ2n) is 6.68. The van der Waals surface area contributed by atoms with Gasteiger partial charge in [0.25, 0.3) is 0 Å². The molecule has 31 heavy (non-hydrogen) atoms. The number of para-hydroxylation sites is 1. The number of carbonyl (C=O) groups is 1. The number of aryl methyl sites for hydroxylation is 1. The van der Waals surface area contributed by atoms with Crippen LogP contribution in [0.25, 0.3) is 10.6 Å². The number of Topliss-reactive ketones (excluding diaryl/α,β-unsaturated/α-hetero) is 1. The van der Waals surface area contributed by atoms with Crippen LogP contribution in [0.5, 0.6) is 0 Å². The highest BCUT2D eigenvalue weighted by Gasteiger charge is 2.14. The SMILES string of the molecule is CC(=O)c1cccc(Nc2nc(-c3sc(NC(=S)Nc4ccccc4)nc3C)cs2)c1. The molecular formula is C22H19N5OS3. The molecule has 2 heterocycles. The fraction of sp³-hybridized carbons (Fsp3) is 0.0909. The van der Waals surface area contributed by atoms with Crippen molar-refractivity contribution in [3.05, 3.63) is 71.2 Å². The number of aromatic nitrogens is 2. The van der Waals surface area contributed by atoms with Crippen molar-refractivity contribution in [1.82, 2.24) is 9.97 Å². The summed E-state index contributed by atoms with van der Waals surface area (Å²) in [5.41, 5.74) is 4.13. The van der Waals surface area contributed by atoms with Crippen molar-refractivity contribution in [2.24, 2.45) is 0 Å². The van der Waals surface area contributed by atoms with E-state index in [1.54, 1.807) is 13.0 Å². The number of rotatable bonds is 6. The molecule has 0 fully saturated rings. The molecule has 0 aliphatic heterocycles. The van der Waals surface area contributed by atoms with Crippen LogP contribution >= 0.6 is 34.9 Å². The number of ketones is 1. The molecular weight excluding hydrogens is 446 g/mol. The number of hydrogen-bond acceptors (Lipinski definition) is 7. The van der Waals surface area contributed by atoms with Crippen LogP contribution in [-0.2, 0) is 0 Å². The Hall–Kier alpha value is -3.14. The zero-order valence-corrected chi connectivity index (χ0v) is 19.3. The highest BCUT2D eigenvalue weighted by atomic mass is 32.1. The zero-order valence-electron chi connectivity index (χ0n) is 16.8. The molecule has 156 valence electrons. The summed E-state index contributed by atoms with van der Waals surface area (Å²) < 4.78 is 0. The van der Waals surface area contributed by atoms with Crippen molar-refractivity contribution in [1.29, 1.82) is 0 Å². The first-order valence-electron chi connectivity index (χ1n) is 9.42. The van der Waals surface area contributed by atoms with Crippen molar-refractivity contribution in [2.45, 2.75) is 13.8 Å². The van der Waals surface area contributed by atoms with Gasteiger partial charge < -0.3 is 16.0 Å². The third-order valence-electron chi connectivity index (χ3n) is 4.31. The van der Waals surface area contributed by atoms with Crippen LogP contribution in [0.15, 0.2) is 60.0 Å². The molecule has 0 aliphatic rings. The first kappa shape index (κ1) is 21.1. The molecule has 2 aromatic heterocycles. The Kier molecular flexibility index (Phi) is 6.36. The van der Waals surface area contributed by atoms with E-state index in [-0.39, 0.29) is 5.78 Å². The van der Waals surface area contributed by atoms with Crippen LogP contribution in [0.2, 0.25) is 0 Å². The normalized spacial score (nSPS) is 10.5. The molecule has 3 N–H and O–H groups in total. The molecule has 4 aromatic rings. The molecule has 0 radical (unpaired) electrons. The van der Waals surface area contributed by atoms with Gasteiger partial charge in [-0.2, -0.15) is 0 Å². The molecule has 0 atom stereocenters. The molecule has 0 aliphatic carbocycles. The van der Waals surface area contributed by atoms with Gasteiger partial charge in [0, 0.05) is 22.3 Å². The second kappa shape index (κ2) is 9.34. The summed E-state index contributed by atoms with van der Waals surface area (Å²) in [5, 5.41) is 13.5. The van der Waals surface area contributed by atoms with Crippen LogP contribution in [0.4, 0.5) is 21.6 Å². The average Bonchev–Trinajstić information content (AvgIpc) is 3.35. The van der Waals surface area contributed by atoms with E-state index in [1.807, 2.05) is 60.8 Å². The standard InChI is InChI=1S/C22H19N5OS3/c1-13-19(31-22(23-13)27-20(29)24-16-8-4-3-5-9-16)18-12-30-21(26-18)25-17-10-6-7-15(11-17)14(2)28/h3-12H,1-2H3,(H,25,26)(H2,23,24,27,29). The minimum Gasteiger partial charge on any atom is -0.332 e. The molecule has 0 saturated carbocycles. The number of anilines is 4. The number of nitrogens with one attached hydrogen (secondary N) is 3. The number of thiazole rings is 2. The van der Waals surface area contributed by atoms with Gasteiger partial charge in [0.2, 0.25) is 0 Å². The lowest BCUT2D eigenvalue weighted by molar-refractivity contribution is 0.101. The van der Waals surface area contributed by atoms with Gasteiger partial charge in [0.05, 0.1) is 16.3 Å². The maximum atomic E-state index is 11.6. The van der Waals surface area contributed by atoms with Crippen molar-refractivity contribution in [3.8, 4) is 10.6 Å². The average molecular weight is 466 g/mol. The second-order valence-corrected chi connectivity index (χ2v) is 8.94. The van der Waals surface area contributed by atoms with Gasteiger partial charge in [-0.05, 0) is 50.3 Å². The Morgan fingerprint density at radius 2 is 1.74 bits per heavy atom. The van der Waals surface area contributed by atoms with Crippen molar-refractivity contribution in [3.63, 3.8) is 0 Å². The fourth-order valence-electron chi connectivity index (χ4n) is 2.84. The van der Waals surface area contributed by atoms with E-state index in [0.29, 0.717) is 15.8 Å². The maximum absolute atomic E-state index is 11.6. The number of carbonyl (C=O) groups excluding carboxylic acids is 1. The van der Waals surface area contributed by atoms with Gasteiger partial charge in [-0.25, -0.2) is 9.97 Å². The third kappa shape index (κ3) is 5.32. The van der Waals surface area contributed by atoms with Crippen molar-refractivity contribution in [2.75, 3.05) is 16.0 Å². The van der Waals surface area contributed by atoms with E-state index in [2.05, 4.69) is 25.9 Å². The summed E-state index contributed by atoms with van der Waals surface area (Å²) in [4.78, 5) is 21.8. The van der Waals surface area contributed by atoms with E-state index in [0.717, 1.165) is 32.8 Å². The predicted molar refractivity (Wildman–Crippen MR) is 134 cm³/mol. The highest BCUT2D eigenvalue weighted by molar-refractivity contribution is 7.80. The zero-order chi connectivity index (χ0) is 21.8. The quantitative estimate of drug-likeness (QED) is 0.227. The Bertz CT molecular complexity index is 1230. The Morgan fingerprint density at radius 3 is 2.52 bits per heavy atom. The lowest BCUT2D eigenvalue weighted by atomic mass is 10.1. The van der Waals surface area contributed by atoms with Gasteiger partial charge in [0.15, 0.2) is 21.2 Å². The number of nitrogens with zero attached hydrogens (tertiary/aromatic N) is 2. The number of thiocarbonyl (C=S) groups is 1. The summed E-state index contributed by atoms with van der Waals surface area (Å²) in [5.74, 6) is 0.0310. The van der Waals surface area contributed by atoms with Gasteiger partial charge >= 0.3 is 0 Å². The number of benzene rings is 2. The van der Waals surface area contributed by atoms with E-state index in [9.17, 15) is 4.79 Å².